The van der Waals surface area contributed by atoms with Crippen molar-refractivity contribution in [1.29, 1.82) is 0 Å². The van der Waals surface area contributed by atoms with Gasteiger partial charge in [-0.2, -0.15) is 0 Å². The predicted molar refractivity (Wildman–Crippen MR) is 82.8 cm³/mol. The van der Waals surface area contributed by atoms with Gasteiger partial charge >= 0.3 is 6.09 Å². The van der Waals surface area contributed by atoms with E-state index < -0.39 is 0 Å². The molecule has 0 spiro atoms. The van der Waals surface area contributed by atoms with E-state index in [1.54, 1.807) is 17.9 Å². The van der Waals surface area contributed by atoms with Gasteiger partial charge in [-0.3, -0.25) is 0 Å². The van der Waals surface area contributed by atoms with Gasteiger partial charge in [0.05, 0.1) is 16.8 Å². The second-order valence-electron chi connectivity index (χ2n) is 4.75. The summed E-state index contributed by atoms with van der Waals surface area (Å²) in [7, 11) is 0. The number of benzene rings is 1. The minimum Gasteiger partial charge on any atom is -0.450 e. The van der Waals surface area contributed by atoms with Crippen molar-refractivity contribution in [2.75, 3.05) is 37.7 Å². The van der Waals surface area contributed by atoms with Gasteiger partial charge < -0.3 is 20.3 Å². The zero-order valence-electron chi connectivity index (χ0n) is 11.9. The first kappa shape index (κ1) is 16.0. The molecule has 2 rings (SSSR count). The van der Waals surface area contributed by atoms with E-state index >= 15 is 0 Å². The van der Waals surface area contributed by atoms with Crippen LogP contribution in [0.5, 0.6) is 0 Å². The van der Waals surface area contributed by atoms with E-state index in [9.17, 15) is 9.18 Å². The fourth-order valence-corrected chi connectivity index (χ4v) is 2.82. The summed E-state index contributed by atoms with van der Waals surface area (Å²) in [4.78, 5) is 15.2. The molecule has 0 saturated carbocycles. The van der Waals surface area contributed by atoms with Gasteiger partial charge in [-0.05, 0) is 34.5 Å². The van der Waals surface area contributed by atoms with Gasteiger partial charge in [0.1, 0.15) is 0 Å². The third kappa shape index (κ3) is 3.47. The van der Waals surface area contributed by atoms with Crippen molar-refractivity contribution < 1.29 is 13.9 Å². The topological polar surface area (TPSA) is 58.8 Å². The van der Waals surface area contributed by atoms with Crippen LogP contribution in [0.3, 0.4) is 0 Å². The molecular formula is C14H19BrFN3O2. The number of rotatable bonds is 3. The zero-order chi connectivity index (χ0) is 15.4. The minimum atomic E-state index is -0.308. The van der Waals surface area contributed by atoms with E-state index in [0.29, 0.717) is 42.9 Å². The van der Waals surface area contributed by atoms with Crippen molar-refractivity contribution in [3.05, 3.63) is 28.0 Å². The van der Waals surface area contributed by atoms with E-state index in [1.807, 2.05) is 11.0 Å². The fraction of sp³-hybridized carbons (Fsp3) is 0.500. The molecule has 5 nitrogen and oxygen atoms in total. The summed E-state index contributed by atoms with van der Waals surface area (Å²) >= 11 is 3.25. The van der Waals surface area contributed by atoms with E-state index in [-0.39, 0.29) is 18.5 Å². The van der Waals surface area contributed by atoms with Crippen LogP contribution in [0.1, 0.15) is 12.5 Å². The molecule has 1 amide bonds. The van der Waals surface area contributed by atoms with Crippen LogP contribution in [-0.4, -0.2) is 43.8 Å². The molecule has 0 aliphatic carbocycles. The van der Waals surface area contributed by atoms with Gasteiger partial charge in [0.2, 0.25) is 0 Å². The van der Waals surface area contributed by atoms with Crippen molar-refractivity contribution in [2.24, 2.45) is 5.73 Å². The highest BCUT2D eigenvalue weighted by atomic mass is 79.9. The number of anilines is 1. The molecule has 1 fully saturated rings. The molecule has 7 heteroatoms. The van der Waals surface area contributed by atoms with Crippen LogP contribution in [0.15, 0.2) is 16.6 Å². The van der Waals surface area contributed by atoms with Gasteiger partial charge in [-0.15, -0.1) is 0 Å². The number of halogens is 2. The Morgan fingerprint density at radius 1 is 1.38 bits per heavy atom. The lowest BCUT2D eigenvalue weighted by atomic mass is 10.1. The monoisotopic (exact) mass is 359 g/mol. The molecular weight excluding hydrogens is 341 g/mol. The zero-order valence-corrected chi connectivity index (χ0v) is 13.5. The lowest BCUT2D eigenvalue weighted by Gasteiger charge is -2.35. The molecule has 116 valence electrons. The van der Waals surface area contributed by atoms with Crippen molar-refractivity contribution in [1.82, 2.24) is 4.90 Å². The van der Waals surface area contributed by atoms with Crippen molar-refractivity contribution in [2.45, 2.75) is 13.5 Å². The molecule has 1 aromatic rings. The third-order valence-electron chi connectivity index (χ3n) is 3.51. The van der Waals surface area contributed by atoms with Gasteiger partial charge in [0.25, 0.3) is 0 Å². The first-order valence-electron chi connectivity index (χ1n) is 6.92. The van der Waals surface area contributed by atoms with Crippen molar-refractivity contribution in [3.8, 4) is 0 Å². The Kier molecular flexibility index (Phi) is 5.41. The number of carbonyl (C=O) groups excluding carboxylic acids is 1. The minimum absolute atomic E-state index is 0.286. The van der Waals surface area contributed by atoms with Gasteiger partial charge in [0.15, 0.2) is 5.82 Å². The second-order valence-corrected chi connectivity index (χ2v) is 5.54. The van der Waals surface area contributed by atoms with Crippen LogP contribution in [-0.2, 0) is 11.3 Å². The first-order chi connectivity index (χ1) is 10.1. The molecule has 0 radical (unpaired) electrons. The molecule has 2 N–H and O–H groups in total. The van der Waals surface area contributed by atoms with Crippen LogP contribution in [0, 0.1) is 5.82 Å². The summed E-state index contributed by atoms with van der Waals surface area (Å²) in [5.41, 5.74) is 6.83. The first-order valence-corrected chi connectivity index (χ1v) is 7.71. The lowest BCUT2D eigenvalue weighted by molar-refractivity contribution is 0.105. The largest absolute Gasteiger partial charge is 0.450 e. The van der Waals surface area contributed by atoms with Crippen molar-refractivity contribution in [3.63, 3.8) is 0 Å². The Hall–Kier alpha value is -1.34. The van der Waals surface area contributed by atoms with Gasteiger partial charge in [-0.25, -0.2) is 9.18 Å². The summed E-state index contributed by atoms with van der Waals surface area (Å²) in [6, 6.07) is 3.56. The summed E-state index contributed by atoms with van der Waals surface area (Å²) < 4.78 is 19.7. The molecule has 21 heavy (non-hydrogen) atoms. The highest BCUT2D eigenvalue weighted by Gasteiger charge is 2.24. The summed E-state index contributed by atoms with van der Waals surface area (Å²) in [6.45, 7) is 4.62. The molecule has 1 heterocycles. The summed E-state index contributed by atoms with van der Waals surface area (Å²) in [5, 5.41) is 0. The Morgan fingerprint density at radius 3 is 2.62 bits per heavy atom. The summed E-state index contributed by atoms with van der Waals surface area (Å²) in [6.07, 6.45) is -0.308. The number of nitrogens with zero attached hydrogens (tertiary/aromatic N) is 2. The Labute approximate surface area is 132 Å². The molecule has 0 bridgehead atoms. The molecule has 0 atom stereocenters. The van der Waals surface area contributed by atoms with Crippen LogP contribution in [0.25, 0.3) is 0 Å². The average Bonchev–Trinajstić information content (AvgIpc) is 2.50. The molecule has 1 saturated heterocycles. The maximum atomic E-state index is 14.4. The van der Waals surface area contributed by atoms with E-state index in [1.165, 1.54) is 0 Å². The number of amides is 1. The standard InChI is InChI=1S/C14H19BrFN3O2/c1-2-21-14(20)19-7-5-18(6-8-19)11-4-3-10(9-17)12(15)13(11)16/h3-4H,2,5-9,17H2,1H3. The number of hydrogen-bond acceptors (Lipinski definition) is 4. The Morgan fingerprint density at radius 2 is 2.05 bits per heavy atom. The highest BCUT2D eigenvalue weighted by Crippen LogP contribution is 2.30. The van der Waals surface area contributed by atoms with Crippen LogP contribution >= 0.6 is 15.9 Å². The number of ether oxygens (including phenoxy) is 1. The number of carbonyl (C=O) groups is 1. The predicted octanol–water partition coefficient (Wildman–Crippen LogP) is 2.33. The van der Waals surface area contributed by atoms with Crippen molar-refractivity contribution >= 4 is 27.7 Å². The normalized spacial score (nSPS) is 15.2. The van der Waals surface area contributed by atoms with Crippen LogP contribution in [0.4, 0.5) is 14.9 Å². The average molecular weight is 360 g/mol. The molecule has 1 aliphatic heterocycles. The van der Waals surface area contributed by atoms with Crippen LogP contribution < -0.4 is 10.6 Å². The van der Waals surface area contributed by atoms with Gasteiger partial charge in [0, 0.05) is 32.7 Å². The molecule has 0 unspecified atom stereocenters. The van der Waals surface area contributed by atoms with E-state index in [0.717, 1.165) is 5.56 Å². The Balaban J connectivity index is 2.06. The molecule has 1 aliphatic rings. The maximum absolute atomic E-state index is 14.4. The van der Waals surface area contributed by atoms with Crippen LogP contribution in [0.2, 0.25) is 0 Å². The van der Waals surface area contributed by atoms with E-state index in [4.69, 9.17) is 10.5 Å². The fourth-order valence-electron chi connectivity index (χ4n) is 2.33. The number of nitrogens with two attached hydrogens (primary N) is 1. The second kappa shape index (κ2) is 7.09. The number of piperazine rings is 1. The number of hydrogen-bond donors (Lipinski definition) is 1. The summed E-state index contributed by atoms with van der Waals surface area (Å²) in [5.74, 6) is -0.303. The SMILES string of the molecule is CCOC(=O)N1CCN(c2ccc(CN)c(Br)c2F)CC1. The third-order valence-corrected chi connectivity index (χ3v) is 4.37. The molecule has 1 aromatic carbocycles. The maximum Gasteiger partial charge on any atom is 0.409 e. The molecule has 0 aromatic heterocycles. The highest BCUT2D eigenvalue weighted by molar-refractivity contribution is 9.10. The lowest BCUT2D eigenvalue weighted by Crippen LogP contribution is -2.49. The smallest absolute Gasteiger partial charge is 0.409 e. The van der Waals surface area contributed by atoms with E-state index in [2.05, 4.69) is 15.9 Å². The van der Waals surface area contributed by atoms with Gasteiger partial charge in [-0.1, -0.05) is 6.07 Å². The quantitative estimate of drug-likeness (QED) is 0.899. The Bertz CT molecular complexity index is 519.